The van der Waals surface area contributed by atoms with Gasteiger partial charge in [0.2, 0.25) is 0 Å². The van der Waals surface area contributed by atoms with Gasteiger partial charge in [-0.1, -0.05) is 0 Å². The van der Waals surface area contributed by atoms with E-state index in [1.54, 1.807) is 0 Å². The van der Waals surface area contributed by atoms with Crippen LogP contribution in [-0.2, 0) is 90.5 Å². The van der Waals surface area contributed by atoms with E-state index in [-0.39, 0.29) is 114 Å². The molecule has 0 bridgehead atoms. The van der Waals surface area contributed by atoms with Crippen molar-refractivity contribution in [2.45, 2.75) is 0 Å². The van der Waals surface area contributed by atoms with Crippen LogP contribution in [0.4, 0.5) is 0 Å². The van der Waals surface area contributed by atoms with Gasteiger partial charge < -0.3 is 54.0 Å². The van der Waals surface area contributed by atoms with Gasteiger partial charge in [0.05, 0.1) is 0 Å². The van der Waals surface area contributed by atoms with Crippen molar-refractivity contribution in [2.24, 2.45) is 0 Å². The molecule has 0 unspecified atom stereocenters. The minimum Gasteiger partial charge on any atom is -2.00 e. The number of hydrogen-bond donors (Lipinski definition) is 0. The zero-order valence-corrected chi connectivity index (χ0v) is 13.2. The number of rotatable bonds is 0. The first-order valence-electron chi connectivity index (χ1n) is 0. The smallest absolute Gasteiger partial charge is 2.00 e. The fourth-order valence-corrected chi connectivity index (χ4v) is 0. The Morgan fingerprint density at radius 3 is 0.571 bits per heavy atom. The molecule has 0 saturated heterocycles. The average molecular weight is 376 g/mol. The molecule has 0 N–H and O–H groups in total. The molecule has 1 radical (unpaired) electrons. The van der Waals surface area contributed by atoms with Crippen LogP contribution in [0.5, 0.6) is 0 Å². The van der Waals surface area contributed by atoms with Crippen LogP contribution in [0.25, 0.3) is 0 Å². The normalized spacial score (nSPS) is 0. The molecule has 0 aromatic rings. The molecule has 7 heteroatoms. The van der Waals surface area contributed by atoms with Crippen LogP contribution in [-0.4, -0.2) is 23.9 Å². The van der Waals surface area contributed by atoms with Gasteiger partial charge in [-0.2, -0.15) is 0 Å². The fourth-order valence-electron chi connectivity index (χ4n) is 0. The van der Waals surface area contributed by atoms with E-state index < -0.39 is 0 Å². The van der Waals surface area contributed by atoms with Gasteiger partial charge in [-0.15, -0.1) is 0 Å². The molecule has 0 heterocycles. The summed E-state index contributed by atoms with van der Waals surface area (Å²) in [6, 6.07) is 0. The van der Waals surface area contributed by atoms with Gasteiger partial charge in [0.25, 0.3) is 0 Å². The maximum Gasteiger partial charge on any atom is 4.00 e. The Kier molecular flexibility index (Phi) is 672. The molecule has 0 saturated carbocycles. The standard InChI is InChI=1S/Cu.4S.Sn.Zn/q+2;4*-2;+4;+2. The van der Waals surface area contributed by atoms with Crippen molar-refractivity contribution in [1.82, 2.24) is 0 Å². The molecule has 7 heavy (non-hydrogen) atoms. The predicted octanol–water partition coefficient (Wildman–Crippen LogP) is -0.395. The summed E-state index contributed by atoms with van der Waals surface area (Å²) in [5.74, 6) is 0. The largest absolute Gasteiger partial charge is 4.00 e. The van der Waals surface area contributed by atoms with Crippen molar-refractivity contribution >= 4 is 77.9 Å². The van der Waals surface area contributed by atoms with Crippen LogP contribution in [0.1, 0.15) is 0 Å². The molecule has 0 aromatic carbocycles. The first-order valence-corrected chi connectivity index (χ1v) is 0. The molecule has 0 aliphatic carbocycles. The van der Waals surface area contributed by atoms with Gasteiger partial charge >= 0.3 is 60.5 Å². The van der Waals surface area contributed by atoms with Gasteiger partial charge in [0.1, 0.15) is 0 Å². The summed E-state index contributed by atoms with van der Waals surface area (Å²) in [6.07, 6.45) is 0. The van der Waals surface area contributed by atoms with E-state index in [9.17, 15) is 0 Å². The number of hydrogen-bond acceptors (Lipinski definition) is 0. The Morgan fingerprint density at radius 1 is 0.571 bits per heavy atom. The summed E-state index contributed by atoms with van der Waals surface area (Å²) < 4.78 is 0. The summed E-state index contributed by atoms with van der Waals surface area (Å²) >= 11 is 0. The molecule has 0 rings (SSSR count). The van der Waals surface area contributed by atoms with E-state index in [1.807, 2.05) is 0 Å². The Balaban J connectivity index is 0. The van der Waals surface area contributed by atoms with Crippen molar-refractivity contribution in [3.05, 3.63) is 0 Å². The van der Waals surface area contributed by atoms with Crippen molar-refractivity contribution in [3.63, 3.8) is 0 Å². The van der Waals surface area contributed by atoms with E-state index in [4.69, 9.17) is 0 Å². The average Bonchev–Trinajstić information content (AvgIpc) is 0. The minimum atomic E-state index is 0. The third kappa shape index (κ3) is 45.1. The maximum absolute atomic E-state index is 0. The summed E-state index contributed by atoms with van der Waals surface area (Å²) in [5, 5.41) is 0. The van der Waals surface area contributed by atoms with Crippen molar-refractivity contribution in [3.8, 4) is 0 Å². The molecule has 0 aliphatic heterocycles. The van der Waals surface area contributed by atoms with Gasteiger partial charge in [-0.05, 0) is 0 Å². The van der Waals surface area contributed by atoms with Crippen molar-refractivity contribution in [2.75, 3.05) is 0 Å². The second-order valence-corrected chi connectivity index (χ2v) is 0. The van der Waals surface area contributed by atoms with Crippen molar-refractivity contribution < 1.29 is 36.5 Å². The summed E-state index contributed by atoms with van der Waals surface area (Å²) in [4.78, 5) is 0. The predicted molar refractivity (Wildman–Crippen MR) is 35.2 cm³/mol. The molecular formula is CuS4SnZn. The SMILES string of the molecule is [Cu+2].[S-2].[S-2].[S-2].[S-2].[Sn+4].[Zn+2]. The molecule has 0 aliphatic rings. The fraction of sp³-hybridized carbons (Fsp3) is 0. The van der Waals surface area contributed by atoms with Crippen LogP contribution in [0.2, 0.25) is 0 Å². The van der Waals surface area contributed by atoms with E-state index in [1.165, 1.54) is 0 Å². The molecular weight excluding hydrogens is 376 g/mol. The van der Waals surface area contributed by atoms with Gasteiger partial charge in [0, 0.05) is 0 Å². The van der Waals surface area contributed by atoms with Crippen LogP contribution in [0, 0.1) is 0 Å². The Hall–Kier alpha value is 3.34. The van der Waals surface area contributed by atoms with E-state index in [2.05, 4.69) is 0 Å². The third-order valence-electron chi connectivity index (χ3n) is 0. The second kappa shape index (κ2) is 58.2. The molecule has 0 amide bonds. The topological polar surface area (TPSA) is 0 Å². The van der Waals surface area contributed by atoms with Crippen LogP contribution >= 0.6 is 0 Å². The zero-order chi connectivity index (χ0) is 0. The van der Waals surface area contributed by atoms with Gasteiger partial charge in [-0.3, -0.25) is 0 Å². The van der Waals surface area contributed by atoms with Crippen molar-refractivity contribution in [1.29, 1.82) is 0 Å². The molecule has 41 valence electrons. The van der Waals surface area contributed by atoms with Crippen LogP contribution in [0.3, 0.4) is 0 Å². The summed E-state index contributed by atoms with van der Waals surface area (Å²) in [6.45, 7) is 0. The Labute approximate surface area is 113 Å². The molecule has 0 nitrogen and oxygen atoms in total. The molecule has 0 atom stereocenters. The van der Waals surface area contributed by atoms with E-state index in [0.717, 1.165) is 0 Å². The first-order chi connectivity index (χ1) is 0. The Morgan fingerprint density at radius 2 is 0.571 bits per heavy atom. The quantitative estimate of drug-likeness (QED) is 0.506. The molecule has 0 spiro atoms. The van der Waals surface area contributed by atoms with E-state index >= 15 is 0 Å². The second-order valence-electron chi connectivity index (χ2n) is 0. The third-order valence-corrected chi connectivity index (χ3v) is 0. The molecule has 0 fully saturated rings. The van der Waals surface area contributed by atoms with E-state index in [0.29, 0.717) is 0 Å². The van der Waals surface area contributed by atoms with Crippen LogP contribution in [0.15, 0.2) is 0 Å². The van der Waals surface area contributed by atoms with Gasteiger partial charge in [-0.25, -0.2) is 0 Å². The maximum atomic E-state index is 0. The van der Waals surface area contributed by atoms with Crippen LogP contribution < -0.4 is 0 Å². The zero-order valence-electron chi connectivity index (χ0n) is 3.14. The summed E-state index contributed by atoms with van der Waals surface area (Å²) in [5.41, 5.74) is 0. The minimum absolute atomic E-state index is 0. The molecule has 0 aromatic heterocycles. The first kappa shape index (κ1) is 80.8. The summed E-state index contributed by atoms with van der Waals surface area (Å²) in [7, 11) is 0. The monoisotopic (exact) mass is 375 g/mol. The Bertz CT molecular complexity index is 11.7. The van der Waals surface area contributed by atoms with Gasteiger partial charge in [0.15, 0.2) is 0 Å².